The van der Waals surface area contributed by atoms with Crippen LogP contribution in [0, 0.1) is 5.92 Å². The average Bonchev–Trinajstić information content (AvgIpc) is 1.86. The van der Waals surface area contributed by atoms with Crippen LogP contribution in [0.3, 0.4) is 0 Å². The fourth-order valence-corrected chi connectivity index (χ4v) is 1.17. The van der Waals surface area contributed by atoms with E-state index in [0.29, 0.717) is 12.0 Å². The lowest BCUT2D eigenvalue weighted by Gasteiger charge is -2.19. The average molecular weight is 157 g/mol. The first kappa shape index (κ1) is 10.5. The Morgan fingerprint density at radius 1 is 1.45 bits per heavy atom. The van der Waals surface area contributed by atoms with Crippen LogP contribution in [-0.2, 0) is 4.79 Å². The van der Waals surface area contributed by atoms with Crippen molar-refractivity contribution in [2.75, 3.05) is 0 Å². The zero-order valence-corrected chi connectivity index (χ0v) is 7.98. The molecule has 0 rings (SSSR count). The quantitative estimate of drug-likeness (QED) is 0.664. The molecule has 0 radical (unpaired) electrons. The molecule has 0 heterocycles. The van der Waals surface area contributed by atoms with Gasteiger partial charge in [-0.1, -0.05) is 20.3 Å². The van der Waals surface area contributed by atoms with Crippen LogP contribution in [0.4, 0.5) is 0 Å². The van der Waals surface area contributed by atoms with Gasteiger partial charge in [-0.2, -0.15) is 0 Å². The van der Waals surface area contributed by atoms with Crippen molar-refractivity contribution < 1.29 is 4.79 Å². The van der Waals surface area contributed by atoms with E-state index in [0.717, 1.165) is 0 Å². The minimum atomic E-state index is 0.0699. The van der Waals surface area contributed by atoms with E-state index < -0.39 is 0 Å². The number of hydrogen-bond donors (Lipinski definition) is 1. The van der Waals surface area contributed by atoms with Gasteiger partial charge in [0.25, 0.3) is 0 Å². The largest absolute Gasteiger partial charge is 0.354 e. The molecule has 0 aromatic carbocycles. The lowest BCUT2D eigenvalue weighted by molar-refractivity contribution is -0.119. The van der Waals surface area contributed by atoms with Gasteiger partial charge >= 0.3 is 0 Å². The molecule has 0 aliphatic heterocycles. The topological polar surface area (TPSA) is 29.1 Å². The molecule has 0 aliphatic rings. The molecule has 2 atom stereocenters. The van der Waals surface area contributed by atoms with Gasteiger partial charge < -0.3 is 5.32 Å². The van der Waals surface area contributed by atoms with Gasteiger partial charge in [0.05, 0.1) is 0 Å². The Morgan fingerprint density at radius 3 is 2.36 bits per heavy atom. The van der Waals surface area contributed by atoms with Crippen LogP contribution >= 0.6 is 0 Å². The molecule has 2 heteroatoms. The Hall–Kier alpha value is -0.530. The van der Waals surface area contributed by atoms with Crippen LogP contribution in [0.15, 0.2) is 0 Å². The van der Waals surface area contributed by atoms with Gasteiger partial charge in [0.2, 0.25) is 5.91 Å². The molecular weight excluding hydrogens is 138 g/mol. The predicted molar refractivity (Wildman–Crippen MR) is 47.4 cm³/mol. The number of hydrogen-bond acceptors (Lipinski definition) is 1. The van der Waals surface area contributed by atoms with Crippen molar-refractivity contribution in [1.29, 1.82) is 0 Å². The second-order valence-electron chi connectivity index (χ2n) is 3.26. The zero-order valence-electron chi connectivity index (χ0n) is 7.98. The second kappa shape index (κ2) is 5.16. The third-order valence-corrected chi connectivity index (χ3v) is 2.03. The third kappa shape index (κ3) is 4.82. The van der Waals surface area contributed by atoms with Crippen LogP contribution in [0.1, 0.15) is 40.5 Å². The van der Waals surface area contributed by atoms with Crippen LogP contribution in [0.2, 0.25) is 0 Å². The molecule has 0 aliphatic carbocycles. The Morgan fingerprint density at radius 2 is 2.00 bits per heavy atom. The number of carbonyl (C=O) groups is 1. The first-order valence-electron chi connectivity index (χ1n) is 4.35. The van der Waals surface area contributed by atoms with E-state index in [4.69, 9.17) is 0 Å². The zero-order chi connectivity index (χ0) is 8.85. The predicted octanol–water partition coefficient (Wildman–Crippen LogP) is 1.95. The molecule has 0 spiro atoms. The summed E-state index contributed by atoms with van der Waals surface area (Å²) in [4.78, 5) is 10.7. The van der Waals surface area contributed by atoms with E-state index in [9.17, 15) is 4.79 Å². The summed E-state index contributed by atoms with van der Waals surface area (Å²) in [6.45, 7) is 7.96. The number of amides is 1. The molecule has 1 amide bonds. The highest BCUT2D eigenvalue weighted by Crippen LogP contribution is 2.09. The van der Waals surface area contributed by atoms with Gasteiger partial charge in [0.15, 0.2) is 0 Å². The van der Waals surface area contributed by atoms with Crippen molar-refractivity contribution in [3.63, 3.8) is 0 Å². The number of carbonyl (C=O) groups excluding carboxylic acids is 1. The molecule has 2 nitrogen and oxygen atoms in total. The summed E-state index contributed by atoms with van der Waals surface area (Å²) in [5, 5.41) is 2.89. The van der Waals surface area contributed by atoms with Crippen molar-refractivity contribution in [3.8, 4) is 0 Å². The Kier molecular flexibility index (Phi) is 4.92. The first-order valence-corrected chi connectivity index (χ1v) is 4.35. The monoisotopic (exact) mass is 157 g/mol. The lowest BCUT2D eigenvalue weighted by Crippen LogP contribution is -2.35. The Labute approximate surface area is 69.4 Å². The standard InChI is InChI=1S/C9H19NO/c1-5-6-7(2)8(3)10-9(4)11/h7-8H,5-6H2,1-4H3,(H,10,11). The maximum Gasteiger partial charge on any atom is 0.217 e. The van der Waals surface area contributed by atoms with Crippen LogP contribution in [0.25, 0.3) is 0 Å². The van der Waals surface area contributed by atoms with Crippen LogP contribution < -0.4 is 5.32 Å². The van der Waals surface area contributed by atoms with Gasteiger partial charge in [0, 0.05) is 13.0 Å². The van der Waals surface area contributed by atoms with Crippen molar-refractivity contribution >= 4 is 5.91 Å². The van der Waals surface area contributed by atoms with Crippen molar-refractivity contribution in [2.24, 2.45) is 5.92 Å². The minimum Gasteiger partial charge on any atom is -0.354 e. The van der Waals surface area contributed by atoms with E-state index in [2.05, 4.69) is 26.1 Å². The second-order valence-corrected chi connectivity index (χ2v) is 3.26. The van der Waals surface area contributed by atoms with Gasteiger partial charge in [-0.3, -0.25) is 4.79 Å². The van der Waals surface area contributed by atoms with E-state index in [1.807, 2.05) is 0 Å². The van der Waals surface area contributed by atoms with Gasteiger partial charge in [-0.25, -0.2) is 0 Å². The van der Waals surface area contributed by atoms with Crippen molar-refractivity contribution in [2.45, 2.75) is 46.6 Å². The minimum absolute atomic E-state index is 0.0699. The highest BCUT2D eigenvalue weighted by molar-refractivity contribution is 5.73. The molecule has 1 N–H and O–H groups in total. The summed E-state index contributed by atoms with van der Waals surface area (Å²) >= 11 is 0. The summed E-state index contributed by atoms with van der Waals surface area (Å²) in [6.07, 6.45) is 2.37. The molecule has 66 valence electrons. The molecule has 0 saturated carbocycles. The van der Waals surface area contributed by atoms with Crippen LogP contribution in [-0.4, -0.2) is 11.9 Å². The maximum absolute atomic E-state index is 10.7. The highest BCUT2D eigenvalue weighted by atomic mass is 16.1. The summed E-state index contributed by atoms with van der Waals surface area (Å²) < 4.78 is 0. The van der Waals surface area contributed by atoms with Gasteiger partial charge in [-0.15, -0.1) is 0 Å². The smallest absolute Gasteiger partial charge is 0.217 e. The van der Waals surface area contributed by atoms with Gasteiger partial charge in [0.1, 0.15) is 0 Å². The molecule has 0 fully saturated rings. The summed E-state index contributed by atoms with van der Waals surface area (Å²) in [7, 11) is 0. The molecule has 11 heavy (non-hydrogen) atoms. The SMILES string of the molecule is CCCC(C)C(C)NC(C)=O. The molecule has 0 bridgehead atoms. The first-order chi connectivity index (χ1) is 5.07. The number of rotatable bonds is 4. The lowest BCUT2D eigenvalue weighted by atomic mass is 9.98. The van der Waals surface area contributed by atoms with Crippen molar-refractivity contribution in [3.05, 3.63) is 0 Å². The fraction of sp³-hybridized carbons (Fsp3) is 0.889. The van der Waals surface area contributed by atoms with E-state index in [-0.39, 0.29) is 5.91 Å². The Bertz CT molecular complexity index is 123. The number of nitrogens with one attached hydrogen (secondary N) is 1. The molecular formula is C9H19NO. The van der Waals surface area contributed by atoms with E-state index in [1.54, 1.807) is 6.92 Å². The molecule has 0 aromatic heterocycles. The fourth-order valence-electron chi connectivity index (χ4n) is 1.17. The van der Waals surface area contributed by atoms with E-state index >= 15 is 0 Å². The van der Waals surface area contributed by atoms with Gasteiger partial charge in [-0.05, 0) is 19.3 Å². The summed E-state index contributed by atoms with van der Waals surface area (Å²) in [5.74, 6) is 0.657. The highest BCUT2D eigenvalue weighted by Gasteiger charge is 2.10. The van der Waals surface area contributed by atoms with Crippen molar-refractivity contribution in [1.82, 2.24) is 5.32 Å². The summed E-state index contributed by atoms with van der Waals surface area (Å²) in [5.41, 5.74) is 0. The summed E-state index contributed by atoms with van der Waals surface area (Å²) in [6, 6.07) is 0.312. The molecule has 2 unspecified atom stereocenters. The Balaban J connectivity index is 3.63. The molecule has 0 aromatic rings. The molecule has 0 saturated heterocycles. The van der Waals surface area contributed by atoms with E-state index in [1.165, 1.54) is 12.8 Å². The third-order valence-electron chi connectivity index (χ3n) is 2.03. The van der Waals surface area contributed by atoms with Crippen LogP contribution in [0.5, 0.6) is 0 Å². The maximum atomic E-state index is 10.7. The normalized spacial score (nSPS) is 15.6.